The summed E-state index contributed by atoms with van der Waals surface area (Å²) in [6.07, 6.45) is 0.478. The topological polar surface area (TPSA) is 60.9 Å². The third-order valence-electron chi connectivity index (χ3n) is 3.74. The zero-order valence-corrected chi connectivity index (χ0v) is 11.9. The van der Waals surface area contributed by atoms with Crippen molar-refractivity contribution in [2.45, 2.75) is 13.3 Å². The molecule has 0 spiro atoms. The molecule has 108 valence electrons. The van der Waals surface area contributed by atoms with E-state index in [4.69, 9.17) is 5.11 Å². The smallest absolute Gasteiger partial charge is 0.306 e. The Labute approximate surface area is 118 Å². The van der Waals surface area contributed by atoms with Gasteiger partial charge in [0.15, 0.2) is 0 Å². The molecule has 1 heterocycles. The second kappa shape index (κ2) is 5.94. The lowest BCUT2D eigenvalue weighted by Crippen LogP contribution is -2.48. The van der Waals surface area contributed by atoms with E-state index in [0.29, 0.717) is 19.5 Å². The highest BCUT2D eigenvalue weighted by molar-refractivity contribution is 5.83. The molecule has 0 aromatic heterocycles. The van der Waals surface area contributed by atoms with Crippen molar-refractivity contribution in [3.05, 3.63) is 29.8 Å². The summed E-state index contributed by atoms with van der Waals surface area (Å²) in [5.74, 6) is -1.13. The third kappa shape index (κ3) is 3.10. The summed E-state index contributed by atoms with van der Waals surface area (Å²) in [7, 11) is 1.80. The second-order valence-corrected chi connectivity index (χ2v) is 5.31. The van der Waals surface area contributed by atoms with Gasteiger partial charge in [0.1, 0.15) is 0 Å². The molecule has 1 atom stereocenters. The number of rotatable bonds is 4. The lowest BCUT2D eigenvalue weighted by molar-refractivity contribution is -0.141. The predicted molar refractivity (Wildman–Crippen MR) is 76.8 cm³/mol. The first-order valence-electron chi connectivity index (χ1n) is 6.78. The number of para-hydroxylation sites is 1. The van der Waals surface area contributed by atoms with Gasteiger partial charge in [0.05, 0.1) is 12.5 Å². The molecule has 1 saturated heterocycles. The van der Waals surface area contributed by atoms with E-state index in [2.05, 4.69) is 0 Å². The molecule has 1 aromatic carbocycles. The molecule has 1 aliphatic heterocycles. The number of hydrogen-bond donors (Lipinski definition) is 1. The summed E-state index contributed by atoms with van der Waals surface area (Å²) in [6, 6.07) is 7.73. The zero-order valence-electron chi connectivity index (χ0n) is 11.9. The Morgan fingerprint density at radius 3 is 2.70 bits per heavy atom. The van der Waals surface area contributed by atoms with Gasteiger partial charge in [-0.3, -0.25) is 9.59 Å². The van der Waals surface area contributed by atoms with Crippen molar-refractivity contribution in [1.82, 2.24) is 4.90 Å². The number of benzene rings is 1. The van der Waals surface area contributed by atoms with Crippen LogP contribution in [0.2, 0.25) is 0 Å². The molecular formula is C15H20N2O3. The maximum atomic E-state index is 11.8. The van der Waals surface area contributed by atoms with Gasteiger partial charge in [-0.05, 0) is 18.1 Å². The van der Waals surface area contributed by atoms with Crippen LogP contribution in [0.3, 0.4) is 0 Å². The molecule has 5 heteroatoms. The minimum Gasteiger partial charge on any atom is -0.481 e. The van der Waals surface area contributed by atoms with Crippen molar-refractivity contribution in [3.63, 3.8) is 0 Å². The Morgan fingerprint density at radius 2 is 2.05 bits per heavy atom. The summed E-state index contributed by atoms with van der Waals surface area (Å²) < 4.78 is 0. The summed E-state index contributed by atoms with van der Waals surface area (Å²) in [5, 5.41) is 9.05. The van der Waals surface area contributed by atoms with Crippen LogP contribution < -0.4 is 4.90 Å². The molecule has 0 bridgehead atoms. The zero-order chi connectivity index (χ0) is 14.7. The number of amides is 1. The minimum absolute atomic E-state index is 0.0948. The van der Waals surface area contributed by atoms with Crippen LogP contribution in [0.15, 0.2) is 24.3 Å². The fraction of sp³-hybridized carbons (Fsp3) is 0.467. The van der Waals surface area contributed by atoms with Gasteiger partial charge in [0.25, 0.3) is 0 Å². The van der Waals surface area contributed by atoms with E-state index in [1.807, 2.05) is 29.2 Å². The largest absolute Gasteiger partial charge is 0.481 e. The van der Waals surface area contributed by atoms with E-state index in [1.165, 1.54) is 0 Å². The van der Waals surface area contributed by atoms with Gasteiger partial charge >= 0.3 is 5.97 Å². The molecule has 1 amide bonds. The number of carboxylic acids is 1. The van der Waals surface area contributed by atoms with E-state index in [-0.39, 0.29) is 5.91 Å². The molecule has 0 radical (unpaired) electrons. The van der Waals surface area contributed by atoms with Crippen LogP contribution in [0, 0.1) is 5.92 Å². The Kier molecular flexibility index (Phi) is 4.27. The SMILES string of the molecule is CC(Cc1ccccc1N1CCN(C)C(=O)C1)C(=O)O. The maximum absolute atomic E-state index is 11.8. The number of aliphatic carboxylic acids is 1. The van der Waals surface area contributed by atoms with Gasteiger partial charge in [-0.2, -0.15) is 0 Å². The molecule has 0 aliphatic carbocycles. The normalized spacial score (nSPS) is 17.2. The Bertz CT molecular complexity index is 516. The molecule has 1 unspecified atom stereocenters. The fourth-order valence-electron chi connectivity index (χ4n) is 2.37. The van der Waals surface area contributed by atoms with Crippen LogP contribution in [0.4, 0.5) is 5.69 Å². The lowest BCUT2D eigenvalue weighted by Gasteiger charge is -2.34. The number of hydrogen-bond acceptors (Lipinski definition) is 3. The molecule has 20 heavy (non-hydrogen) atoms. The van der Waals surface area contributed by atoms with Gasteiger partial charge in [0, 0.05) is 25.8 Å². The van der Waals surface area contributed by atoms with Crippen LogP contribution in [0.5, 0.6) is 0 Å². The quantitative estimate of drug-likeness (QED) is 0.898. The van der Waals surface area contributed by atoms with E-state index in [9.17, 15) is 9.59 Å². The molecule has 1 fully saturated rings. The number of anilines is 1. The summed E-state index contributed by atoms with van der Waals surface area (Å²) in [4.78, 5) is 26.6. The number of nitrogens with zero attached hydrogens (tertiary/aromatic N) is 2. The second-order valence-electron chi connectivity index (χ2n) is 5.31. The summed E-state index contributed by atoms with van der Waals surface area (Å²) >= 11 is 0. The van der Waals surface area contributed by atoms with Gasteiger partial charge < -0.3 is 14.9 Å². The van der Waals surface area contributed by atoms with Crippen molar-refractivity contribution >= 4 is 17.6 Å². The molecule has 1 aromatic rings. The Morgan fingerprint density at radius 1 is 1.35 bits per heavy atom. The molecule has 1 N–H and O–H groups in total. The number of carbonyl (C=O) groups is 2. The van der Waals surface area contributed by atoms with E-state index in [1.54, 1.807) is 18.9 Å². The molecular weight excluding hydrogens is 256 g/mol. The molecule has 1 aliphatic rings. The number of carboxylic acid groups (broad SMARTS) is 1. The minimum atomic E-state index is -0.797. The summed E-state index contributed by atoms with van der Waals surface area (Å²) in [6.45, 7) is 3.53. The highest BCUT2D eigenvalue weighted by Gasteiger charge is 2.23. The lowest BCUT2D eigenvalue weighted by atomic mass is 9.99. The van der Waals surface area contributed by atoms with Crippen LogP contribution in [-0.2, 0) is 16.0 Å². The number of carbonyl (C=O) groups excluding carboxylic acids is 1. The fourth-order valence-corrected chi connectivity index (χ4v) is 2.37. The Hall–Kier alpha value is -2.04. The Balaban J connectivity index is 2.19. The van der Waals surface area contributed by atoms with Crippen molar-refractivity contribution in [2.75, 3.05) is 31.6 Å². The molecule has 5 nitrogen and oxygen atoms in total. The van der Waals surface area contributed by atoms with Crippen LogP contribution in [-0.4, -0.2) is 48.6 Å². The van der Waals surface area contributed by atoms with Crippen molar-refractivity contribution in [3.8, 4) is 0 Å². The highest BCUT2D eigenvalue weighted by Crippen LogP contribution is 2.24. The monoisotopic (exact) mass is 276 g/mol. The third-order valence-corrected chi connectivity index (χ3v) is 3.74. The first-order chi connectivity index (χ1) is 9.49. The average Bonchev–Trinajstić information content (AvgIpc) is 2.42. The molecule has 0 saturated carbocycles. The highest BCUT2D eigenvalue weighted by atomic mass is 16.4. The number of piperazine rings is 1. The maximum Gasteiger partial charge on any atom is 0.306 e. The van der Waals surface area contributed by atoms with Crippen molar-refractivity contribution in [2.24, 2.45) is 5.92 Å². The van der Waals surface area contributed by atoms with Gasteiger partial charge in [-0.1, -0.05) is 25.1 Å². The van der Waals surface area contributed by atoms with Crippen LogP contribution >= 0.6 is 0 Å². The van der Waals surface area contributed by atoms with Crippen LogP contribution in [0.1, 0.15) is 12.5 Å². The van der Waals surface area contributed by atoms with E-state index >= 15 is 0 Å². The van der Waals surface area contributed by atoms with E-state index in [0.717, 1.165) is 17.8 Å². The van der Waals surface area contributed by atoms with Crippen molar-refractivity contribution in [1.29, 1.82) is 0 Å². The van der Waals surface area contributed by atoms with Crippen molar-refractivity contribution < 1.29 is 14.7 Å². The first kappa shape index (κ1) is 14.4. The standard InChI is InChI=1S/C15H20N2O3/c1-11(15(19)20)9-12-5-3-4-6-13(12)17-8-7-16(2)14(18)10-17/h3-6,11H,7-10H2,1-2H3,(H,19,20). The van der Waals surface area contributed by atoms with E-state index < -0.39 is 11.9 Å². The molecule has 2 rings (SSSR count). The predicted octanol–water partition coefficient (Wildman–Crippen LogP) is 1.23. The first-order valence-corrected chi connectivity index (χ1v) is 6.78. The van der Waals surface area contributed by atoms with Gasteiger partial charge in [0.2, 0.25) is 5.91 Å². The average molecular weight is 276 g/mol. The van der Waals surface area contributed by atoms with Gasteiger partial charge in [-0.15, -0.1) is 0 Å². The van der Waals surface area contributed by atoms with Gasteiger partial charge in [-0.25, -0.2) is 0 Å². The number of likely N-dealkylation sites (N-methyl/N-ethyl adjacent to an activating group) is 1. The van der Waals surface area contributed by atoms with Crippen LogP contribution in [0.25, 0.3) is 0 Å². The summed E-state index contributed by atoms with van der Waals surface area (Å²) in [5.41, 5.74) is 1.96.